The highest BCUT2D eigenvalue weighted by Gasteiger charge is 2.27. The number of benzene rings is 1. The minimum Gasteiger partial charge on any atom is -0.396 e. The van der Waals surface area contributed by atoms with Crippen LogP contribution in [0.5, 0.6) is 0 Å². The van der Waals surface area contributed by atoms with Crippen molar-refractivity contribution in [1.29, 1.82) is 0 Å². The first-order valence-corrected chi connectivity index (χ1v) is 6.66. The second kappa shape index (κ2) is 5.16. The van der Waals surface area contributed by atoms with Crippen molar-refractivity contribution in [3.8, 4) is 0 Å². The third kappa shape index (κ3) is 2.77. The molecule has 3 N–H and O–H groups in total. The summed E-state index contributed by atoms with van der Waals surface area (Å²) in [6, 6.07) is 1.58. The Balaban J connectivity index is 2.27. The molecule has 0 spiro atoms. The van der Waals surface area contributed by atoms with Crippen LogP contribution < -0.4 is 11.1 Å². The van der Waals surface area contributed by atoms with Crippen molar-refractivity contribution < 1.29 is 13.6 Å². The second-order valence-electron chi connectivity index (χ2n) is 4.77. The molecule has 1 aromatic carbocycles. The number of nitrogens with one attached hydrogen (secondary N) is 1. The van der Waals surface area contributed by atoms with Crippen LogP contribution in [0.15, 0.2) is 23.7 Å². The Hall–Kier alpha value is -2.02. The molecule has 0 saturated heterocycles. The molecule has 0 saturated carbocycles. The molecule has 0 atom stereocenters. The van der Waals surface area contributed by atoms with E-state index in [1.165, 1.54) is 11.3 Å². The SMILES string of the molecule is CC(C)(NC(=O)c1cc(N)c(F)cc1F)c1nccs1. The maximum atomic E-state index is 13.6. The van der Waals surface area contributed by atoms with Crippen LogP contribution in [0.1, 0.15) is 29.2 Å². The summed E-state index contributed by atoms with van der Waals surface area (Å²) in [5, 5.41) is 5.11. The van der Waals surface area contributed by atoms with Gasteiger partial charge in [0, 0.05) is 17.6 Å². The zero-order valence-corrected chi connectivity index (χ0v) is 11.7. The van der Waals surface area contributed by atoms with Crippen molar-refractivity contribution in [3.05, 3.63) is 45.9 Å². The lowest BCUT2D eigenvalue weighted by molar-refractivity contribution is 0.0907. The Bertz CT molecular complexity index is 641. The molecule has 0 aliphatic heterocycles. The van der Waals surface area contributed by atoms with Gasteiger partial charge in [-0.1, -0.05) is 0 Å². The molecule has 0 aliphatic carbocycles. The molecule has 0 aliphatic rings. The summed E-state index contributed by atoms with van der Waals surface area (Å²) in [6.07, 6.45) is 1.62. The number of hydrogen-bond acceptors (Lipinski definition) is 4. The van der Waals surface area contributed by atoms with E-state index in [9.17, 15) is 13.6 Å². The predicted octanol–water partition coefficient (Wildman–Crippen LogP) is 2.67. The summed E-state index contributed by atoms with van der Waals surface area (Å²) in [7, 11) is 0. The highest BCUT2D eigenvalue weighted by atomic mass is 32.1. The minimum atomic E-state index is -0.955. The number of nitrogen functional groups attached to an aromatic ring is 1. The van der Waals surface area contributed by atoms with E-state index in [1.54, 1.807) is 25.4 Å². The molecule has 0 unspecified atom stereocenters. The minimum absolute atomic E-state index is 0.274. The van der Waals surface area contributed by atoms with Gasteiger partial charge in [0.1, 0.15) is 16.6 Å². The number of carbonyl (C=O) groups is 1. The number of rotatable bonds is 3. The standard InChI is InChI=1S/C13H13F2N3OS/c1-13(2,12-17-3-4-20-12)18-11(19)7-5-10(16)9(15)6-8(7)14/h3-6H,16H2,1-2H3,(H,18,19). The molecular weight excluding hydrogens is 284 g/mol. The summed E-state index contributed by atoms with van der Waals surface area (Å²) in [4.78, 5) is 16.2. The molecule has 2 rings (SSSR count). The fourth-order valence-corrected chi connectivity index (χ4v) is 2.39. The van der Waals surface area contributed by atoms with Crippen LogP contribution in [0.25, 0.3) is 0 Å². The van der Waals surface area contributed by atoms with E-state index >= 15 is 0 Å². The summed E-state index contributed by atoms with van der Waals surface area (Å²) >= 11 is 1.37. The molecule has 0 fully saturated rings. The van der Waals surface area contributed by atoms with Gasteiger partial charge in [-0.15, -0.1) is 11.3 Å². The maximum absolute atomic E-state index is 13.6. The number of thiazole rings is 1. The molecular formula is C13H13F2N3OS. The van der Waals surface area contributed by atoms with E-state index < -0.39 is 23.1 Å². The predicted molar refractivity (Wildman–Crippen MR) is 73.4 cm³/mol. The van der Waals surface area contributed by atoms with E-state index in [4.69, 9.17) is 5.73 Å². The first kappa shape index (κ1) is 14.4. The van der Waals surface area contributed by atoms with E-state index in [1.807, 2.05) is 0 Å². The number of carbonyl (C=O) groups excluding carboxylic acids is 1. The second-order valence-corrected chi connectivity index (χ2v) is 5.66. The molecule has 0 bridgehead atoms. The van der Waals surface area contributed by atoms with Crippen LogP contribution in [-0.2, 0) is 5.54 Å². The monoisotopic (exact) mass is 297 g/mol. The van der Waals surface area contributed by atoms with Crippen LogP contribution in [-0.4, -0.2) is 10.9 Å². The molecule has 2 aromatic rings. The normalized spacial score (nSPS) is 11.4. The number of halogens is 2. The highest BCUT2D eigenvalue weighted by molar-refractivity contribution is 7.09. The Morgan fingerprint density at radius 3 is 2.65 bits per heavy atom. The fourth-order valence-electron chi connectivity index (χ4n) is 1.68. The molecule has 4 nitrogen and oxygen atoms in total. The van der Waals surface area contributed by atoms with Gasteiger partial charge < -0.3 is 11.1 Å². The number of aromatic nitrogens is 1. The third-order valence-corrected chi connectivity index (χ3v) is 3.82. The number of amides is 1. The topological polar surface area (TPSA) is 68.0 Å². The Morgan fingerprint density at radius 1 is 1.35 bits per heavy atom. The van der Waals surface area contributed by atoms with Gasteiger partial charge in [-0.25, -0.2) is 13.8 Å². The summed E-state index contributed by atoms with van der Waals surface area (Å²) in [6.45, 7) is 3.49. The molecule has 106 valence electrons. The summed E-state index contributed by atoms with van der Waals surface area (Å²) < 4.78 is 26.7. The van der Waals surface area contributed by atoms with Gasteiger partial charge in [-0.3, -0.25) is 4.79 Å². The van der Waals surface area contributed by atoms with Gasteiger partial charge in [0.25, 0.3) is 5.91 Å². The first-order valence-electron chi connectivity index (χ1n) is 5.78. The molecule has 7 heteroatoms. The van der Waals surface area contributed by atoms with Crippen LogP contribution >= 0.6 is 11.3 Å². The molecule has 1 amide bonds. The molecule has 0 radical (unpaired) electrons. The van der Waals surface area contributed by atoms with Crippen LogP contribution in [0.3, 0.4) is 0 Å². The lowest BCUT2D eigenvalue weighted by Gasteiger charge is -2.24. The number of hydrogen-bond donors (Lipinski definition) is 2. The van der Waals surface area contributed by atoms with Gasteiger partial charge in [0.15, 0.2) is 0 Å². The molecule has 1 aromatic heterocycles. The largest absolute Gasteiger partial charge is 0.396 e. The van der Waals surface area contributed by atoms with Gasteiger partial charge in [-0.2, -0.15) is 0 Å². The zero-order chi connectivity index (χ0) is 14.9. The Labute approximate surface area is 118 Å². The maximum Gasteiger partial charge on any atom is 0.255 e. The smallest absolute Gasteiger partial charge is 0.255 e. The highest BCUT2D eigenvalue weighted by Crippen LogP contribution is 2.23. The van der Waals surface area contributed by atoms with Crippen molar-refractivity contribution >= 4 is 22.9 Å². The Kier molecular flexibility index (Phi) is 3.71. The van der Waals surface area contributed by atoms with Crippen LogP contribution in [0, 0.1) is 11.6 Å². The lowest BCUT2D eigenvalue weighted by atomic mass is 10.1. The van der Waals surface area contributed by atoms with E-state index in [0.29, 0.717) is 11.1 Å². The van der Waals surface area contributed by atoms with Crippen LogP contribution in [0.2, 0.25) is 0 Å². The van der Waals surface area contributed by atoms with Gasteiger partial charge in [0.05, 0.1) is 16.8 Å². The summed E-state index contributed by atoms with van der Waals surface area (Å²) in [5.74, 6) is -2.52. The van der Waals surface area contributed by atoms with Crippen molar-refractivity contribution in [2.45, 2.75) is 19.4 Å². The lowest BCUT2D eigenvalue weighted by Crippen LogP contribution is -2.41. The first-order chi connectivity index (χ1) is 9.31. The Morgan fingerprint density at radius 2 is 2.05 bits per heavy atom. The van der Waals surface area contributed by atoms with Gasteiger partial charge in [0.2, 0.25) is 0 Å². The van der Waals surface area contributed by atoms with E-state index in [0.717, 1.165) is 6.07 Å². The number of nitrogens with zero attached hydrogens (tertiary/aromatic N) is 1. The van der Waals surface area contributed by atoms with Gasteiger partial charge >= 0.3 is 0 Å². The third-order valence-electron chi connectivity index (χ3n) is 2.72. The van der Waals surface area contributed by atoms with Crippen molar-refractivity contribution in [2.24, 2.45) is 0 Å². The fraction of sp³-hybridized carbons (Fsp3) is 0.231. The number of nitrogens with two attached hydrogens (primary N) is 1. The average molecular weight is 297 g/mol. The summed E-state index contributed by atoms with van der Waals surface area (Å²) in [5.41, 5.74) is 4.02. The van der Waals surface area contributed by atoms with Crippen molar-refractivity contribution in [2.75, 3.05) is 5.73 Å². The van der Waals surface area contributed by atoms with Crippen molar-refractivity contribution in [3.63, 3.8) is 0 Å². The zero-order valence-electron chi connectivity index (χ0n) is 10.9. The van der Waals surface area contributed by atoms with E-state index in [-0.39, 0.29) is 11.3 Å². The molecule has 1 heterocycles. The molecule has 20 heavy (non-hydrogen) atoms. The average Bonchev–Trinajstić information content (AvgIpc) is 2.87. The van der Waals surface area contributed by atoms with Crippen LogP contribution in [0.4, 0.5) is 14.5 Å². The van der Waals surface area contributed by atoms with Gasteiger partial charge in [-0.05, 0) is 19.9 Å². The van der Waals surface area contributed by atoms with E-state index in [2.05, 4.69) is 10.3 Å². The quantitative estimate of drug-likeness (QED) is 0.856. The number of anilines is 1. The van der Waals surface area contributed by atoms with Crippen molar-refractivity contribution in [1.82, 2.24) is 10.3 Å².